The molecule has 1 saturated heterocycles. The second-order valence-corrected chi connectivity index (χ2v) is 8.13. The molecule has 0 atom stereocenters. The van der Waals surface area contributed by atoms with Crippen LogP contribution < -0.4 is 0 Å². The van der Waals surface area contributed by atoms with Crippen molar-refractivity contribution >= 4 is 11.9 Å². The maximum atomic E-state index is 12.7. The molecule has 178 valence electrons. The number of carbonyl (C=O) groups is 2. The van der Waals surface area contributed by atoms with Crippen molar-refractivity contribution in [3.8, 4) is 11.4 Å². The molecule has 0 aliphatic carbocycles. The Balaban J connectivity index is 1.26. The standard InChI is InChI=1S/C24H22F3N3O4/c1-15-2-4-16(5-3-15)21-28-20(34-29-21)14-33-23(32)18-10-12-30(13-11-18)22(31)17-6-8-19(9-7-17)24(25,26)27/h2-9,18H,10-14H2,1H3. The number of aryl methyl sites for hydroxylation is 1. The fraction of sp³-hybridized carbons (Fsp3) is 0.333. The van der Waals surface area contributed by atoms with Crippen LogP contribution in [0.15, 0.2) is 53.1 Å². The van der Waals surface area contributed by atoms with E-state index in [1.807, 2.05) is 31.2 Å². The number of aromatic nitrogens is 2. The van der Waals surface area contributed by atoms with Crippen molar-refractivity contribution in [1.82, 2.24) is 15.0 Å². The first-order valence-corrected chi connectivity index (χ1v) is 10.7. The number of halogens is 3. The second kappa shape index (κ2) is 9.66. The maximum Gasteiger partial charge on any atom is 0.416 e. The van der Waals surface area contributed by atoms with E-state index in [4.69, 9.17) is 9.26 Å². The van der Waals surface area contributed by atoms with Crippen molar-refractivity contribution in [3.63, 3.8) is 0 Å². The van der Waals surface area contributed by atoms with Gasteiger partial charge in [-0.05, 0) is 44.0 Å². The monoisotopic (exact) mass is 473 g/mol. The van der Waals surface area contributed by atoms with Crippen molar-refractivity contribution in [2.75, 3.05) is 13.1 Å². The zero-order valence-electron chi connectivity index (χ0n) is 18.3. The van der Waals surface area contributed by atoms with Crippen LogP contribution in [0.3, 0.4) is 0 Å². The minimum atomic E-state index is -4.45. The molecule has 1 fully saturated rings. The van der Waals surface area contributed by atoms with E-state index >= 15 is 0 Å². The number of likely N-dealkylation sites (tertiary alicyclic amines) is 1. The van der Waals surface area contributed by atoms with Crippen LogP contribution in [-0.4, -0.2) is 40.0 Å². The van der Waals surface area contributed by atoms with E-state index in [2.05, 4.69) is 10.1 Å². The summed E-state index contributed by atoms with van der Waals surface area (Å²) in [5.41, 5.74) is 1.26. The lowest BCUT2D eigenvalue weighted by molar-refractivity contribution is -0.152. The molecular weight excluding hydrogens is 451 g/mol. The third kappa shape index (κ3) is 5.44. The fourth-order valence-electron chi connectivity index (χ4n) is 3.69. The third-order valence-corrected chi connectivity index (χ3v) is 5.69. The summed E-state index contributed by atoms with van der Waals surface area (Å²) >= 11 is 0. The van der Waals surface area contributed by atoms with Gasteiger partial charge in [0.05, 0.1) is 11.5 Å². The van der Waals surface area contributed by atoms with Crippen molar-refractivity contribution in [3.05, 3.63) is 71.1 Å². The summed E-state index contributed by atoms with van der Waals surface area (Å²) in [6.45, 7) is 2.43. The first kappa shape index (κ1) is 23.5. The molecule has 34 heavy (non-hydrogen) atoms. The highest BCUT2D eigenvalue weighted by Gasteiger charge is 2.32. The van der Waals surface area contributed by atoms with Crippen LogP contribution in [0.2, 0.25) is 0 Å². The number of hydrogen-bond acceptors (Lipinski definition) is 6. The number of rotatable bonds is 5. The van der Waals surface area contributed by atoms with Gasteiger partial charge in [0.2, 0.25) is 5.82 Å². The van der Waals surface area contributed by atoms with Crippen LogP contribution in [0.4, 0.5) is 13.2 Å². The van der Waals surface area contributed by atoms with Gasteiger partial charge in [0.25, 0.3) is 11.8 Å². The molecule has 0 N–H and O–H groups in total. The number of benzene rings is 2. The van der Waals surface area contributed by atoms with Gasteiger partial charge in [-0.1, -0.05) is 35.0 Å². The van der Waals surface area contributed by atoms with E-state index in [0.717, 1.165) is 23.3 Å². The van der Waals surface area contributed by atoms with Crippen LogP contribution in [0, 0.1) is 12.8 Å². The minimum absolute atomic E-state index is 0.150. The van der Waals surface area contributed by atoms with Crippen LogP contribution in [0.25, 0.3) is 11.4 Å². The summed E-state index contributed by atoms with van der Waals surface area (Å²) in [7, 11) is 0. The molecule has 0 saturated carbocycles. The van der Waals surface area contributed by atoms with E-state index in [0.29, 0.717) is 31.8 Å². The molecule has 7 nitrogen and oxygen atoms in total. The van der Waals surface area contributed by atoms with Crippen LogP contribution in [0.5, 0.6) is 0 Å². The Morgan fingerprint density at radius 2 is 1.71 bits per heavy atom. The summed E-state index contributed by atoms with van der Waals surface area (Å²) in [5.74, 6) is -0.595. The zero-order chi connectivity index (χ0) is 24.3. The topological polar surface area (TPSA) is 85.5 Å². The summed E-state index contributed by atoms with van der Waals surface area (Å²) in [4.78, 5) is 30.8. The average Bonchev–Trinajstić information content (AvgIpc) is 3.31. The fourth-order valence-corrected chi connectivity index (χ4v) is 3.69. The van der Waals surface area contributed by atoms with Gasteiger partial charge in [-0.3, -0.25) is 9.59 Å². The summed E-state index contributed by atoms with van der Waals surface area (Å²) in [6, 6.07) is 11.7. The molecule has 1 amide bonds. The molecule has 2 aromatic carbocycles. The molecular formula is C24H22F3N3O4. The number of carbonyl (C=O) groups excluding carboxylic acids is 2. The van der Waals surface area contributed by atoms with Gasteiger partial charge in [0, 0.05) is 24.2 Å². The Morgan fingerprint density at radius 3 is 2.32 bits per heavy atom. The minimum Gasteiger partial charge on any atom is -0.455 e. The molecule has 0 radical (unpaired) electrons. The highest BCUT2D eigenvalue weighted by molar-refractivity contribution is 5.94. The molecule has 4 rings (SSSR count). The molecule has 1 aliphatic rings. The molecule has 2 heterocycles. The van der Waals surface area contributed by atoms with Crippen molar-refractivity contribution in [1.29, 1.82) is 0 Å². The number of esters is 1. The van der Waals surface area contributed by atoms with Crippen molar-refractivity contribution < 1.29 is 32.0 Å². The number of nitrogens with zero attached hydrogens (tertiary/aromatic N) is 3. The lowest BCUT2D eigenvalue weighted by atomic mass is 9.96. The Kier molecular flexibility index (Phi) is 6.67. The largest absolute Gasteiger partial charge is 0.455 e. The van der Waals surface area contributed by atoms with Gasteiger partial charge >= 0.3 is 12.1 Å². The first-order chi connectivity index (χ1) is 16.2. The zero-order valence-corrected chi connectivity index (χ0v) is 18.3. The van der Waals surface area contributed by atoms with Gasteiger partial charge < -0.3 is 14.2 Å². The Morgan fingerprint density at radius 1 is 1.06 bits per heavy atom. The number of ether oxygens (including phenoxy) is 1. The van der Waals surface area contributed by atoms with Crippen LogP contribution in [0.1, 0.15) is 40.2 Å². The lowest BCUT2D eigenvalue weighted by Crippen LogP contribution is -2.40. The van der Waals surface area contributed by atoms with E-state index in [1.54, 1.807) is 0 Å². The molecule has 0 unspecified atom stereocenters. The quantitative estimate of drug-likeness (QED) is 0.501. The molecule has 10 heteroatoms. The van der Waals surface area contributed by atoms with Crippen molar-refractivity contribution in [2.24, 2.45) is 5.92 Å². The van der Waals surface area contributed by atoms with Crippen LogP contribution >= 0.6 is 0 Å². The van der Waals surface area contributed by atoms with Gasteiger partial charge in [0.15, 0.2) is 6.61 Å². The average molecular weight is 473 g/mol. The van der Waals surface area contributed by atoms with E-state index < -0.39 is 23.6 Å². The number of alkyl halides is 3. The predicted molar refractivity (Wildman–Crippen MR) is 114 cm³/mol. The Hall–Kier alpha value is -3.69. The molecule has 1 aliphatic heterocycles. The van der Waals surface area contributed by atoms with Gasteiger partial charge in [-0.15, -0.1) is 0 Å². The van der Waals surface area contributed by atoms with E-state index in [1.165, 1.54) is 17.0 Å². The predicted octanol–water partition coefficient (Wildman–Crippen LogP) is 4.66. The Bertz CT molecular complexity index is 1150. The second-order valence-electron chi connectivity index (χ2n) is 8.13. The van der Waals surface area contributed by atoms with Crippen molar-refractivity contribution in [2.45, 2.75) is 32.5 Å². The smallest absolute Gasteiger partial charge is 0.416 e. The molecule has 1 aromatic heterocycles. The Labute approximate surface area is 193 Å². The highest BCUT2D eigenvalue weighted by atomic mass is 19.4. The molecule has 3 aromatic rings. The third-order valence-electron chi connectivity index (χ3n) is 5.69. The number of amides is 1. The van der Waals surface area contributed by atoms with Gasteiger partial charge in [-0.2, -0.15) is 18.2 Å². The lowest BCUT2D eigenvalue weighted by Gasteiger charge is -2.31. The van der Waals surface area contributed by atoms with E-state index in [-0.39, 0.29) is 24.0 Å². The number of piperidine rings is 1. The number of hydrogen-bond donors (Lipinski definition) is 0. The van der Waals surface area contributed by atoms with Gasteiger partial charge in [-0.25, -0.2) is 0 Å². The van der Waals surface area contributed by atoms with E-state index in [9.17, 15) is 22.8 Å². The van der Waals surface area contributed by atoms with Crippen LogP contribution in [-0.2, 0) is 22.3 Å². The first-order valence-electron chi connectivity index (χ1n) is 10.7. The maximum absolute atomic E-state index is 12.7. The summed E-state index contributed by atoms with van der Waals surface area (Å²) in [5, 5.41) is 3.90. The normalized spacial score (nSPS) is 14.8. The molecule has 0 spiro atoms. The highest BCUT2D eigenvalue weighted by Crippen LogP contribution is 2.29. The summed E-state index contributed by atoms with van der Waals surface area (Å²) < 4.78 is 48.6. The van der Waals surface area contributed by atoms with Gasteiger partial charge in [0.1, 0.15) is 0 Å². The molecule has 0 bridgehead atoms. The summed E-state index contributed by atoms with van der Waals surface area (Å²) in [6.07, 6.45) is -3.67. The SMILES string of the molecule is Cc1ccc(-c2noc(COC(=O)C3CCN(C(=O)c4ccc(C(F)(F)F)cc4)CC3)n2)cc1.